The molecule has 0 atom stereocenters. The van der Waals surface area contributed by atoms with Crippen molar-refractivity contribution in [3.8, 4) is 11.1 Å². The topological polar surface area (TPSA) is 77.5 Å². The van der Waals surface area contributed by atoms with Gasteiger partial charge in [-0.2, -0.15) is 0 Å². The Morgan fingerprint density at radius 3 is 2.56 bits per heavy atom. The number of aromatic nitrogens is 1. The van der Waals surface area contributed by atoms with Gasteiger partial charge in [-0.1, -0.05) is 55.4 Å². The molecule has 0 bridgehead atoms. The number of rotatable bonds is 9. The SMILES string of the molecule is CCCCOC(=O)c1cc(Sc2csc(CNC(=O)OC(C)(C)C)n2)cc(-c2ccccc2)c1. The first-order chi connectivity index (χ1) is 16.2. The number of esters is 1. The molecular weight excluding hydrogens is 468 g/mol. The number of hydrogen-bond donors (Lipinski definition) is 1. The van der Waals surface area contributed by atoms with Crippen molar-refractivity contribution >= 4 is 35.2 Å². The van der Waals surface area contributed by atoms with Crippen molar-refractivity contribution in [1.82, 2.24) is 10.3 Å². The maximum Gasteiger partial charge on any atom is 0.408 e. The second-order valence-electron chi connectivity index (χ2n) is 8.64. The summed E-state index contributed by atoms with van der Waals surface area (Å²) in [5, 5.41) is 6.23. The van der Waals surface area contributed by atoms with E-state index in [0.717, 1.165) is 38.9 Å². The van der Waals surface area contributed by atoms with E-state index >= 15 is 0 Å². The normalized spacial score (nSPS) is 11.2. The van der Waals surface area contributed by atoms with Crippen LogP contribution in [0.4, 0.5) is 4.79 Å². The molecule has 1 amide bonds. The third kappa shape index (κ3) is 8.18. The number of carbonyl (C=O) groups is 2. The molecule has 1 aromatic heterocycles. The molecule has 0 fully saturated rings. The van der Waals surface area contributed by atoms with Gasteiger partial charge in [-0.3, -0.25) is 0 Å². The largest absolute Gasteiger partial charge is 0.462 e. The first-order valence-electron chi connectivity index (χ1n) is 11.2. The van der Waals surface area contributed by atoms with Gasteiger partial charge in [0.1, 0.15) is 15.6 Å². The molecule has 0 spiro atoms. The minimum atomic E-state index is -0.548. The van der Waals surface area contributed by atoms with Gasteiger partial charge in [0.15, 0.2) is 0 Å². The fraction of sp³-hybridized carbons (Fsp3) is 0.346. The van der Waals surface area contributed by atoms with E-state index in [-0.39, 0.29) is 5.97 Å². The molecule has 0 aliphatic rings. The maximum absolute atomic E-state index is 12.7. The van der Waals surface area contributed by atoms with E-state index in [2.05, 4.69) is 17.2 Å². The number of unbranched alkanes of at least 4 members (excludes halogenated alkanes) is 1. The molecule has 0 saturated heterocycles. The van der Waals surface area contributed by atoms with Crippen LogP contribution in [0, 0.1) is 0 Å². The highest BCUT2D eigenvalue weighted by Gasteiger charge is 2.17. The minimum absolute atomic E-state index is 0.291. The second-order valence-corrected chi connectivity index (χ2v) is 10.7. The number of amides is 1. The summed E-state index contributed by atoms with van der Waals surface area (Å²) in [6, 6.07) is 15.7. The molecule has 180 valence electrons. The highest BCUT2D eigenvalue weighted by Crippen LogP contribution is 2.33. The molecule has 1 heterocycles. The van der Waals surface area contributed by atoms with Crippen LogP contribution < -0.4 is 5.32 Å². The summed E-state index contributed by atoms with van der Waals surface area (Å²) >= 11 is 2.93. The zero-order valence-corrected chi connectivity index (χ0v) is 21.6. The van der Waals surface area contributed by atoms with E-state index in [1.807, 2.05) is 74.7 Å². The molecule has 6 nitrogen and oxygen atoms in total. The number of alkyl carbamates (subject to hydrolysis) is 1. The van der Waals surface area contributed by atoms with Crippen LogP contribution in [0.3, 0.4) is 0 Å². The van der Waals surface area contributed by atoms with Crippen LogP contribution in [0.5, 0.6) is 0 Å². The first kappa shape index (κ1) is 25.8. The Hall–Kier alpha value is -2.84. The summed E-state index contributed by atoms with van der Waals surface area (Å²) in [4.78, 5) is 30.1. The van der Waals surface area contributed by atoms with Crippen molar-refractivity contribution in [3.63, 3.8) is 0 Å². The lowest BCUT2D eigenvalue weighted by molar-refractivity contribution is 0.0495. The van der Waals surface area contributed by atoms with Crippen LogP contribution in [0.2, 0.25) is 0 Å². The quantitative estimate of drug-likeness (QED) is 0.254. The van der Waals surface area contributed by atoms with Gasteiger partial charge in [0.05, 0.1) is 18.7 Å². The fourth-order valence-electron chi connectivity index (χ4n) is 2.97. The lowest BCUT2D eigenvalue weighted by atomic mass is 10.0. The first-order valence-corrected chi connectivity index (χ1v) is 12.9. The van der Waals surface area contributed by atoms with E-state index < -0.39 is 11.7 Å². The Bertz CT molecular complexity index is 1110. The van der Waals surface area contributed by atoms with Gasteiger partial charge in [0.2, 0.25) is 0 Å². The van der Waals surface area contributed by atoms with Crippen LogP contribution in [0.25, 0.3) is 11.1 Å². The standard InChI is InChI=1S/C26H30N2O4S2/c1-5-6-12-31-24(29)20-13-19(18-10-8-7-9-11-18)14-21(15-20)34-23-17-33-22(28-23)16-27-25(30)32-26(2,3)4/h7-11,13-15,17H,5-6,12,16H2,1-4H3,(H,27,30). The van der Waals surface area contributed by atoms with Gasteiger partial charge >= 0.3 is 12.1 Å². The zero-order valence-electron chi connectivity index (χ0n) is 19.9. The van der Waals surface area contributed by atoms with Crippen LogP contribution >= 0.6 is 23.1 Å². The van der Waals surface area contributed by atoms with Gasteiger partial charge in [-0.15, -0.1) is 11.3 Å². The zero-order chi connectivity index (χ0) is 24.6. The smallest absolute Gasteiger partial charge is 0.408 e. The molecule has 0 unspecified atom stereocenters. The molecule has 3 rings (SSSR count). The summed E-state index contributed by atoms with van der Waals surface area (Å²) in [5.41, 5.74) is 1.93. The predicted molar refractivity (Wildman–Crippen MR) is 136 cm³/mol. The fourth-order valence-corrected chi connectivity index (χ4v) is 4.73. The number of nitrogens with zero attached hydrogens (tertiary/aromatic N) is 1. The van der Waals surface area contributed by atoms with Gasteiger partial charge < -0.3 is 14.8 Å². The lowest BCUT2D eigenvalue weighted by Gasteiger charge is -2.19. The van der Waals surface area contributed by atoms with Crippen molar-refractivity contribution < 1.29 is 19.1 Å². The maximum atomic E-state index is 12.7. The summed E-state index contributed by atoms with van der Waals surface area (Å²) in [6.07, 6.45) is 1.33. The van der Waals surface area contributed by atoms with Crippen LogP contribution in [-0.4, -0.2) is 29.3 Å². The van der Waals surface area contributed by atoms with Crippen molar-refractivity contribution in [1.29, 1.82) is 0 Å². The Kier molecular flexibility index (Phi) is 9.12. The molecule has 0 aliphatic carbocycles. The van der Waals surface area contributed by atoms with E-state index in [1.54, 1.807) is 0 Å². The number of hydrogen-bond acceptors (Lipinski definition) is 7. The lowest BCUT2D eigenvalue weighted by Crippen LogP contribution is -2.32. The molecule has 0 saturated carbocycles. The average molecular weight is 499 g/mol. The Morgan fingerprint density at radius 1 is 1.09 bits per heavy atom. The van der Waals surface area contributed by atoms with E-state index in [9.17, 15) is 9.59 Å². The highest BCUT2D eigenvalue weighted by molar-refractivity contribution is 7.99. The van der Waals surface area contributed by atoms with E-state index in [1.165, 1.54) is 23.1 Å². The van der Waals surface area contributed by atoms with Crippen molar-refractivity contribution in [2.45, 2.75) is 62.6 Å². The number of carbonyl (C=O) groups excluding carboxylic acids is 2. The Morgan fingerprint density at radius 2 is 1.85 bits per heavy atom. The van der Waals surface area contributed by atoms with E-state index in [0.29, 0.717) is 18.7 Å². The minimum Gasteiger partial charge on any atom is -0.462 e. The number of ether oxygens (including phenoxy) is 2. The summed E-state index contributed by atoms with van der Waals surface area (Å²) < 4.78 is 10.7. The predicted octanol–water partition coefficient (Wildman–Crippen LogP) is 6.94. The van der Waals surface area contributed by atoms with E-state index in [4.69, 9.17) is 9.47 Å². The molecule has 34 heavy (non-hydrogen) atoms. The third-order valence-corrected chi connectivity index (χ3v) is 6.40. The summed E-state index contributed by atoms with van der Waals surface area (Å²) in [5.74, 6) is -0.325. The van der Waals surface area contributed by atoms with Crippen LogP contribution in [0.15, 0.2) is 63.8 Å². The average Bonchev–Trinajstić information content (AvgIpc) is 3.24. The number of thiazole rings is 1. The Labute approximate surface area is 209 Å². The number of nitrogens with one attached hydrogen (secondary N) is 1. The van der Waals surface area contributed by atoms with Crippen molar-refractivity contribution in [2.75, 3.05) is 6.61 Å². The second kappa shape index (κ2) is 12.0. The van der Waals surface area contributed by atoms with Crippen molar-refractivity contribution in [3.05, 3.63) is 64.5 Å². The summed E-state index contributed by atoms with van der Waals surface area (Å²) in [6.45, 7) is 8.23. The molecule has 1 N–H and O–H groups in total. The van der Waals surface area contributed by atoms with Gasteiger partial charge in [0, 0.05) is 10.3 Å². The van der Waals surface area contributed by atoms with Gasteiger partial charge in [0.25, 0.3) is 0 Å². The van der Waals surface area contributed by atoms with Crippen LogP contribution in [0.1, 0.15) is 55.9 Å². The summed E-state index contributed by atoms with van der Waals surface area (Å²) in [7, 11) is 0. The van der Waals surface area contributed by atoms with Gasteiger partial charge in [-0.05, 0) is 56.5 Å². The third-order valence-electron chi connectivity index (χ3n) is 4.52. The monoisotopic (exact) mass is 498 g/mol. The molecule has 0 radical (unpaired) electrons. The Balaban J connectivity index is 1.75. The van der Waals surface area contributed by atoms with Crippen molar-refractivity contribution in [2.24, 2.45) is 0 Å². The highest BCUT2D eigenvalue weighted by atomic mass is 32.2. The van der Waals surface area contributed by atoms with Crippen LogP contribution in [-0.2, 0) is 16.0 Å². The molecular formula is C26H30N2O4S2. The molecule has 0 aliphatic heterocycles. The van der Waals surface area contributed by atoms with Gasteiger partial charge in [-0.25, -0.2) is 14.6 Å². The molecule has 3 aromatic rings. The molecule has 2 aromatic carbocycles. The number of benzene rings is 2. The molecule has 8 heteroatoms.